The Labute approximate surface area is 538 Å². The van der Waals surface area contributed by atoms with E-state index in [1.165, 1.54) is 37.8 Å². The largest absolute Gasteiger partial charge is 0.473 e. The molecule has 516 valence electrons. The molecule has 0 aromatic carbocycles. The van der Waals surface area contributed by atoms with Crippen LogP contribution in [0.1, 0.15) is 163 Å². The average Bonchev–Trinajstić information content (AvgIpc) is 1.64. The molecule has 35 heteroatoms. The highest BCUT2D eigenvalue weighted by molar-refractivity contribution is 8.07. The van der Waals surface area contributed by atoms with Gasteiger partial charge in [-0.1, -0.05) is 62.3 Å². The van der Waals surface area contributed by atoms with Gasteiger partial charge in [-0.15, -0.1) is 0 Å². The van der Waals surface area contributed by atoms with Gasteiger partial charge in [0, 0.05) is 21.3 Å². The Morgan fingerprint density at radius 3 is 1.07 bits per heavy atom. The van der Waals surface area contributed by atoms with E-state index in [4.69, 9.17) is 80.3 Å². The predicted octanol–water partition coefficient (Wildman–Crippen LogP) is 7.05. The number of aromatic nitrogens is 12. The summed E-state index contributed by atoms with van der Waals surface area (Å²) in [5.41, 5.74) is 14.8. The van der Waals surface area contributed by atoms with Crippen LogP contribution in [0, 0.1) is 16.2 Å². The fourth-order valence-corrected chi connectivity index (χ4v) is 14.7. The third-order valence-electron chi connectivity index (χ3n) is 14.1. The summed E-state index contributed by atoms with van der Waals surface area (Å²) in [6, 6.07) is 0. The van der Waals surface area contributed by atoms with Crippen LogP contribution in [-0.2, 0) is 67.6 Å². The van der Waals surface area contributed by atoms with Crippen molar-refractivity contribution in [2.24, 2.45) is 16.2 Å². The minimum Gasteiger partial charge on any atom is -0.374 e. The monoisotopic (exact) mass is 1360 g/mol. The Balaban J connectivity index is 0.000000196. The number of rotatable bonds is 16. The Kier molecular flexibility index (Phi) is 22.2. The van der Waals surface area contributed by atoms with Crippen molar-refractivity contribution in [2.45, 2.75) is 234 Å². The fourth-order valence-electron chi connectivity index (χ4n) is 11.1. The van der Waals surface area contributed by atoms with Crippen molar-refractivity contribution in [1.29, 1.82) is 0 Å². The second-order valence-corrected chi connectivity index (χ2v) is 33.6. The number of methoxy groups -OCH3 is 3. The van der Waals surface area contributed by atoms with Gasteiger partial charge in [0.25, 0.3) is 16.7 Å². The number of H-pyrrole nitrogens is 3. The Bertz CT molecular complexity index is 3640. The van der Waals surface area contributed by atoms with Crippen LogP contribution in [0.15, 0.2) is 33.4 Å². The molecule has 3 fully saturated rings. The van der Waals surface area contributed by atoms with E-state index in [1.807, 2.05) is 41.5 Å². The Hall–Kier alpha value is -5.19. The summed E-state index contributed by atoms with van der Waals surface area (Å²) >= 11 is 5.29. The molecular formula is C57H95N15O17P2S. The van der Waals surface area contributed by atoms with E-state index in [-0.39, 0.29) is 85.3 Å². The maximum atomic E-state index is 12.8. The maximum absolute atomic E-state index is 12.8. The Morgan fingerprint density at radius 1 is 0.489 bits per heavy atom. The number of fused-ring (bicyclic) bond motifs is 3. The van der Waals surface area contributed by atoms with Crippen LogP contribution in [0.4, 0.5) is 17.8 Å². The van der Waals surface area contributed by atoms with Crippen molar-refractivity contribution in [3.8, 4) is 0 Å². The summed E-state index contributed by atoms with van der Waals surface area (Å²) in [6.45, 7) is 31.4. The number of aromatic amines is 3. The zero-order chi connectivity index (χ0) is 69.0. The lowest BCUT2D eigenvalue weighted by Crippen LogP contribution is -2.42. The minimum atomic E-state index is -4.46. The van der Waals surface area contributed by atoms with Crippen molar-refractivity contribution >= 4 is 77.7 Å². The number of nitrogens with two attached hydrogens (primary N) is 3. The van der Waals surface area contributed by atoms with Gasteiger partial charge >= 0.3 is 14.5 Å². The van der Waals surface area contributed by atoms with Crippen LogP contribution in [0.2, 0.25) is 0 Å². The molecule has 0 spiro atoms. The molecule has 11 N–H and O–H groups in total. The average molecular weight is 1360 g/mol. The number of nitrogens with one attached hydrogen (secondary N) is 3. The molecule has 3 saturated heterocycles. The predicted molar refractivity (Wildman–Crippen MR) is 346 cm³/mol. The summed E-state index contributed by atoms with van der Waals surface area (Å²) in [5.74, 6) is -0.0895. The second-order valence-electron chi connectivity index (χ2n) is 29.6. The van der Waals surface area contributed by atoms with Crippen molar-refractivity contribution in [1.82, 2.24) is 58.6 Å². The molecule has 3 aliphatic heterocycles. The molecule has 92 heavy (non-hydrogen) atoms. The van der Waals surface area contributed by atoms with E-state index in [1.54, 1.807) is 57.8 Å². The van der Waals surface area contributed by atoms with E-state index < -0.39 is 98.3 Å². The lowest BCUT2D eigenvalue weighted by molar-refractivity contribution is -0.123. The molecule has 9 rings (SSSR count). The van der Waals surface area contributed by atoms with Crippen LogP contribution in [0.5, 0.6) is 0 Å². The van der Waals surface area contributed by atoms with Crippen LogP contribution in [0.3, 0.4) is 0 Å². The topological polar surface area (TPSA) is 428 Å². The van der Waals surface area contributed by atoms with Gasteiger partial charge in [0.1, 0.15) is 36.6 Å². The zero-order valence-corrected chi connectivity index (χ0v) is 59.0. The van der Waals surface area contributed by atoms with Crippen molar-refractivity contribution in [2.75, 3.05) is 38.5 Å². The SMILES string of the molecule is CO[C@H]1C(OC(C)(C)C)[C@@H](CC(C)(C)C)O[C@H]1n1cnc2c(=O)[nH]c(N)nc21.CO[C@H]1C(OP(=O)(O)OC(C)(C)C)[C@@H](CC(C)(C)C)O[C@H]1n1cnc2c(=O)[nH]c(N)nc21.CO[C@H]1C(OP(O)(=S)OC(C)(C)C)[C@@H](CC(C)(C)C)O[C@H]1n1cnc2c(=O)[nH]c(N)nc21. The number of ether oxygens (including phenoxy) is 7. The molecule has 14 atom stereocenters. The number of nitrogens with zero attached hydrogens (tertiary/aromatic N) is 9. The number of imidazole rings is 3. The van der Waals surface area contributed by atoms with Gasteiger partial charge in [0.15, 0.2) is 52.2 Å². The molecule has 0 radical (unpaired) electrons. The molecule has 0 amide bonds. The van der Waals surface area contributed by atoms with Gasteiger partial charge in [0.2, 0.25) is 17.8 Å². The van der Waals surface area contributed by atoms with E-state index in [2.05, 4.69) is 86.4 Å². The third-order valence-corrected chi connectivity index (χ3v) is 17.1. The molecule has 0 aliphatic carbocycles. The van der Waals surface area contributed by atoms with Crippen molar-refractivity contribution < 1.29 is 65.6 Å². The van der Waals surface area contributed by atoms with Crippen LogP contribution < -0.4 is 33.9 Å². The van der Waals surface area contributed by atoms with Crippen molar-refractivity contribution in [3.05, 3.63) is 50.0 Å². The van der Waals surface area contributed by atoms with Crippen molar-refractivity contribution in [3.63, 3.8) is 0 Å². The van der Waals surface area contributed by atoms with Crippen LogP contribution >= 0.6 is 14.5 Å². The maximum Gasteiger partial charge on any atom is 0.473 e. The standard InChI is InChI=1S/C19H32N5O7P.C19H32N5O6PS.C19H31N5O4/c1-18(2,3)8-10-12(30-32(26,27)31-19(4,5)6)13(28-7)16(29-10)24-9-21-11-14(24)22-17(20)23-15(11)25;1-18(2,3)8-10-12(29-31(26,32)30-19(4,5)6)13(27-7)16(28-10)24-9-21-11-14(24)22-17(20)23-15(11)25;1-18(2,3)8-10-12(28-19(4,5)6)13(26-7)16(27-10)24-9-21-11-14(24)22-17(20)23-15(11)25/h9-10,12-13,16H,8H2,1-7H3,(H,26,27)(H3,20,22,23,25);9-10,12-13,16H,8H2,1-7H3,(H,26,32)(H3,20,22,23,25);9-10,12-13,16H,8H2,1-7H3,(H3,20,22,23,25)/t10-,12?,13+,16-;10-,12?,13+,16-,31?;10-,12?,13+,16-/m111/s1. The minimum absolute atomic E-state index is 0.0277. The van der Waals surface area contributed by atoms with E-state index >= 15 is 0 Å². The van der Waals surface area contributed by atoms with Crippen LogP contribution in [-0.4, -0.2) is 161 Å². The first-order valence-electron chi connectivity index (χ1n) is 29.9. The lowest BCUT2D eigenvalue weighted by atomic mass is 9.87. The normalized spacial score (nSPS) is 26.4. The first-order chi connectivity index (χ1) is 42.1. The van der Waals surface area contributed by atoms with Gasteiger partial charge < -0.3 is 64.7 Å². The number of hydrogen-bond donors (Lipinski definition) is 8. The molecule has 6 aromatic rings. The first kappa shape index (κ1) is 74.2. The molecule has 9 heterocycles. The molecule has 32 nitrogen and oxygen atoms in total. The molecular weight excluding hydrogens is 1260 g/mol. The van der Waals surface area contributed by atoms with E-state index in [9.17, 15) is 28.7 Å². The molecule has 0 saturated carbocycles. The first-order valence-corrected chi connectivity index (χ1v) is 34.0. The van der Waals surface area contributed by atoms with Gasteiger partial charge in [-0.05, 0) is 110 Å². The summed E-state index contributed by atoms with van der Waals surface area (Å²) in [7, 11) is 0.125. The molecule has 6 aromatic heterocycles. The Morgan fingerprint density at radius 2 is 0.783 bits per heavy atom. The number of anilines is 3. The van der Waals surface area contributed by atoms with Crippen LogP contribution in [0.25, 0.3) is 33.5 Å². The van der Waals surface area contributed by atoms with Gasteiger partial charge in [-0.2, -0.15) is 15.0 Å². The highest BCUT2D eigenvalue weighted by Gasteiger charge is 2.54. The van der Waals surface area contributed by atoms with Gasteiger partial charge in [-0.3, -0.25) is 56.6 Å². The zero-order valence-electron chi connectivity index (χ0n) is 56.4. The highest BCUT2D eigenvalue weighted by atomic mass is 32.5. The highest BCUT2D eigenvalue weighted by Crippen LogP contribution is 2.55. The van der Waals surface area contributed by atoms with Gasteiger partial charge in [-0.25, -0.2) is 19.5 Å². The molecule has 0 bridgehead atoms. The summed E-state index contributed by atoms with van der Waals surface area (Å²) in [6.07, 6.45) is -1.07. The second kappa shape index (κ2) is 27.5. The smallest absolute Gasteiger partial charge is 0.374 e. The summed E-state index contributed by atoms with van der Waals surface area (Å²) in [4.78, 5) is 90.1. The number of nitrogen functional groups attached to an aromatic ring is 3. The summed E-state index contributed by atoms with van der Waals surface area (Å²) < 4.78 is 82.7. The molecule has 5 unspecified atom stereocenters. The van der Waals surface area contributed by atoms with E-state index in [0.717, 1.165) is 6.42 Å². The fraction of sp³-hybridized carbons (Fsp3) is 0.737. The lowest BCUT2D eigenvalue weighted by Gasteiger charge is -2.32. The number of hydrogen-bond acceptors (Lipinski definition) is 25. The quantitative estimate of drug-likeness (QED) is 0.0450. The van der Waals surface area contributed by atoms with Gasteiger partial charge in [0.05, 0.1) is 54.1 Å². The number of phosphoric ester groups is 1. The summed E-state index contributed by atoms with van der Waals surface area (Å²) in [5, 5.41) is 0. The molecule has 3 aliphatic rings. The third kappa shape index (κ3) is 18.8. The van der Waals surface area contributed by atoms with E-state index in [0.29, 0.717) is 18.5 Å². The number of phosphoric acid groups is 1.